The Balaban J connectivity index is 1.95. The molecule has 0 radical (unpaired) electrons. The SMILES string of the molecule is Cc1ccc(C=C2SC(=S)N(c3ccccc3)C2=O)cc1[N+](=O)[O-]. The minimum Gasteiger partial charge on any atom is -0.268 e. The molecule has 1 amide bonds. The fraction of sp³-hybridized carbons (Fsp3) is 0.0588. The van der Waals surface area contributed by atoms with Crippen LogP contribution in [0.4, 0.5) is 11.4 Å². The van der Waals surface area contributed by atoms with Crippen molar-refractivity contribution >= 4 is 51.7 Å². The van der Waals surface area contributed by atoms with Gasteiger partial charge in [0.2, 0.25) is 0 Å². The van der Waals surface area contributed by atoms with Crippen molar-refractivity contribution in [3.8, 4) is 0 Å². The number of carbonyl (C=O) groups is 1. The van der Waals surface area contributed by atoms with E-state index in [9.17, 15) is 14.9 Å². The zero-order valence-corrected chi connectivity index (χ0v) is 14.3. The first-order valence-electron chi connectivity index (χ1n) is 7.05. The Labute approximate surface area is 148 Å². The summed E-state index contributed by atoms with van der Waals surface area (Å²) in [4.78, 5) is 25.2. The molecule has 0 saturated carbocycles. The van der Waals surface area contributed by atoms with Crippen LogP contribution in [-0.4, -0.2) is 15.2 Å². The van der Waals surface area contributed by atoms with Gasteiger partial charge in [-0.3, -0.25) is 19.8 Å². The highest BCUT2D eigenvalue weighted by atomic mass is 32.2. The first-order valence-corrected chi connectivity index (χ1v) is 8.28. The average Bonchev–Trinajstić information content (AvgIpc) is 2.83. The van der Waals surface area contributed by atoms with Gasteiger partial charge < -0.3 is 0 Å². The number of hydrogen-bond acceptors (Lipinski definition) is 5. The molecule has 120 valence electrons. The molecule has 1 saturated heterocycles. The maximum atomic E-state index is 12.6. The van der Waals surface area contributed by atoms with Gasteiger partial charge in [-0.2, -0.15) is 0 Å². The molecule has 1 heterocycles. The van der Waals surface area contributed by atoms with Gasteiger partial charge in [0.15, 0.2) is 4.32 Å². The third-order valence-corrected chi connectivity index (χ3v) is 4.84. The van der Waals surface area contributed by atoms with Crippen molar-refractivity contribution in [2.75, 3.05) is 4.90 Å². The van der Waals surface area contributed by atoms with E-state index in [0.29, 0.717) is 26.0 Å². The number of carbonyl (C=O) groups excluding carboxylic acids is 1. The molecule has 0 atom stereocenters. The Morgan fingerprint density at radius 2 is 1.92 bits per heavy atom. The maximum absolute atomic E-state index is 12.6. The zero-order chi connectivity index (χ0) is 17.3. The van der Waals surface area contributed by atoms with Gasteiger partial charge in [-0.1, -0.05) is 54.3 Å². The highest BCUT2D eigenvalue weighted by Gasteiger charge is 2.33. The first-order chi connectivity index (χ1) is 11.5. The molecule has 0 aliphatic carbocycles. The third-order valence-electron chi connectivity index (χ3n) is 3.54. The van der Waals surface area contributed by atoms with Gasteiger partial charge in [0.05, 0.1) is 15.5 Å². The molecule has 5 nitrogen and oxygen atoms in total. The number of para-hydroxylation sites is 1. The van der Waals surface area contributed by atoms with Crippen molar-refractivity contribution in [2.45, 2.75) is 6.92 Å². The van der Waals surface area contributed by atoms with Crippen molar-refractivity contribution in [1.29, 1.82) is 0 Å². The summed E-state index contributed by atoms with van der Waals surface area (Å²) in [5, 5.41) is 11.0. The lowest BCUT2D eigenvalue weighted by molar-refractivity contribution is -0.385. The van der Waals surface area contributed by atoms with E-state index < -0.39 is 4.92 Å². The Morgan fingerprint density at radius 1 is 1.21 bits per heavy atom. The van der Waals surface area contributed by atoms with E-state index in [1.807, 2.05) is 30.3 Å². The summed E-state index contributed by atoms with van der Waals surface area (Å²) in [5.41, 5.74) is 1.91. The van der Waals surface area contributed by atoms with Crippen molar-refractivity contribution < 1.29 is 9.72 Å². The summed E-state index contributed by atoms with van der Waals surface area (Å²) in [6.45, 7) is 1.68. The molecule has 0 unspecified atom stereocenters. The van der Waals surface area contributed by atoms with Gasteiger partial charge in [0.1, 0.15) is 0 Å². The summed E-state index contributed by atoms with van der Waals surface area (Å²) in [5.74, 6) is -0.223. The second-order valence-electron chi connectivity index (χ2n) is 5.16. The lowest BCUT2D eigenvalue weighted by Gasteiger charge is -2.13. The van der Waals surface area contributed by atoms with E-state index in [2.05, 4.69) is 0 Å². The minimum absolute atomic E-state index is 0.0299. The van der Waals surface area contributed by atoms with Gasteiger partial charge in [-0.15, -0.1) is 0 Å². The zero-order valence-electron chi connectivity index (χ0n) is 12.6. The van der Waals surface area contributed by atoms with Crippen LogP contribution >= 0.6 is 24.0 Å². The number of amides is 1. The van der Waals surface area contributed by atoms with Crippen molar-refractivity contribution in [3.05, 3.63) is 74.7 Å². The molecule has 0 aromatic heterocycles. The lowest BCUT2D eigenvalue weighted by atomic mass is 10.1. The normalized spacial score (nSPS) is 16.0. The molecule has 24 heavy (non-hydrogen) atoms. The number of nitrogens with zero attached hydrogens (tertiary/aromatic N) is 2. The monoisotopic (exact) mass is 356 g/mol. The number of thiocarbonyl (C=S) groups is 1. The summed E-state index contributed by atoms with van der Waals surface area (Å²) < 4.78 is 0.444. The highest BCUT2D eigenvalue weighted by molar-refractivity contribution is 8.27. The first kappa shape index (κ1) is 16.4. The number of thioether (sulfide) groups is 1. The Kier molecular flexibility index (Phi) is 4.46. The third kappa shape index (κ3) is 3.08. The van der Waals surface area contributed by atoms with E-state index in [-0.39, 0.29) is 11.6 Å². The predicted molar refractivity (Wildman–Crippen MR) is 99.9 cm³/mol. The smallest absolute Gasteiger partial charge is 0.268 e. The molecule has 0 bridgehead atoms. The molecule has 3 rings (SSSR count). The standard InChI is InChI=1S/C17H12N2O3S2/c1-11-7-8-12(9-14(11)19(21)22)10-15-16(20)18(17(23)24-15)13-5-3-2-4-6-13/h2-10H,1H3. The molecule has 2 aromatic rings. The van der Waals surface area contributed by atoms with Crippen LogP contribution in [0.1, 0.15) is 11.1 Å². The van der Waals surface area contributed by atoms with Gasteiger partial charge >= 0.3 is 0 Å². The quantitative estimate of drug-likeness (QED) is 0.355. The summed E-state index contributed by atoms with van der Waals surface area (Å²) in [6.07, 6.45) is 1.63. The maximum Gasteiger partial charge on any atom is 0.272 e. The van der Waals surface area contributed by atoms with Crippen LogP contribution in [0.2, 0.25) is 0 Å². The Hall–Kier alpha value is -2.51. The molecule has 2 aromatic carbocycles. The Morgan fingerprint density at radius 3 is 2.58 bits per heavy atom. The van der Waals surface area contributed by atoms with E-state index in [1.165, 1.54) is 22.7 Å². The fourth-order valence-corrected chi connectivity index (χ4v) is 3.63. The van der Waals surface area contributed by atoms with Crippen LogP contribution < -0.4 is 4.90 Å². The molecular formula is C17H12N2O3S2. The molecule has 7 heteroatoms. The summed E-state index contributed by atoms with van der Waals surface area (Å²) in [6, 6.07) is 14.0. The van der Waals surface area contributed by atoms with Gasteiger partial charge in [0.25, 0.3) is 11.6 Å². The van der Waals surface area contributed by atoms with Crippen LogP contribution in [0.25, 0.3) is 6.08 Å². The van der Waals surface area contributed by atoms with Crippen LogP contribution in [0, 0.1) is 17.0 Å². The van der Waals surface area contributed by atoms with Crippen LogP contribution in [0.3, 0.4) is 0 Å². The second-order valence-corrected chi connectivity index (χ2v) is 6.83. The summed E-state index contributed by atoms with van der Waals surface area (Å²) >= 11 is 6.49. The minimum atomic E-state index is -0.429. The molecule has 1 aliphatic rings. The molecular weight excluding hydrogens is 344 g/mol. The van der Waals surface area contributed by atoms with Crippen molar-refractivity contribution in [3.63, 3.8) is 0 Å². The lowest BCUT2D eigenvalue weighted by Crippen LogP contribution is -2.27. The van der Waals surface area contributed by atoms with Crippen molar-refractivity contribution in [1.82, 2.24) is 0 Å². The van der Waals surface area contributed by atoms with E-state index in [1.54, 1.807) is 25.1 Å². The topological polar surface area (TPSA) is 63.5 Å². The Bertz CT molecular complexity index is 879. The highest BCUT2D eigenvalue weighted by Crippen LogP contribution is 2.36. The second kappa shape index (κ2) is 6.54. The van der Waals surface area contributed by atoms with Gasteiger partial charge in [0, 0.05) is 11.6 Å². The summed E-state index contributed by atoms with van der Waals surface area (Å²) in [7, 11) is 0. The van der Waals surface area contributed by atoms with Crippen LogP contribution in [0.5, 0.6) is 0 Å². The predicted octanol–water partition coefficient (Wildman–Crippen LogP) is 4.31. The van der Waals surface area contributed by atoms with Crippen LogP contribution in [-0.2, 0) is 4.79 Å². The number of nitro benzene ring substituents is 1. The molecule has 0 spiro atoms. The largest absolute Gasteiger partial charge is 0.272 e. The number of benzene rings is 2. The molecule has 1 aliphatic heterocycles. The van der Waals surface area contributed by atoms with E-state index in [0.717, 1.165) is 0 Å². The number of aryl methyl sites for hydroxylation is 1. The molecule has 0 N–H and O–H groups in total. The van der Waals surface area contributed by atoms with Gasteiger partial charge in [-0.25, -0.2) is 0 Å². The van der Waals surface area contributed by atoms with E-state index >= 15 is 0 Å². The number of hydrogen-bond donors (Lipinski definition) is 0. The number of rotatable bonds is 3. The van der Waals surface area contributed by atoms with Crippen molar-refractivity contribution in [2.24, 2.45) is 0 Å². The molecule has 1 fully saturated rings. The number of anilines is 1. The fourth-order valence-electron chi connectivity index (χ4n) is 2.33. The van der Waals surface area contributed by atoms with Crippen LogP contribution in [0.15, 0.2) is 53.4 Å². The van der Waals surface area contributed by atoms with E-state index in [4.69, 9.17) is 12.2 Å². The average molecular weight is 356 g/mol. The number of nitro groups is 1. The van der Waals surface area contributed by atoms with Gasteiger partial charge in [-0.05, 0) is 30.7 Å².